The molecule has 0 spiro atoms. The Morgan fingerprint density at radius 3 is 1.74 bits per heavy atom. The average Bonchev–Trinajstić information content (AvgIpc) is 3.80. The van der Waals surface area contributed by atoms with Gasteiger partial charge in [0, 0.05) is 48.0 Å². The number of nitrogens with zero attached hydrogens (tertiary/aromatic N) is 3. The number of aromatic nitrogens is 3. The van der Waals surface area contributed by atoms with E-state index in [1.165, 1.54) is 68.8 Å². The second-order valence-corrected chi connectivity index (χ2v) is 15.1. The first-order chi connectivity index (χ1) is 26.8. The fourth-order valence-electron chi connectivity index (χ4n) is 8.90. The third kappa shape index (κ3) is 4.11. The van der Waals surface area contributed by atoms with Gasteiger partial charge >= 0.3 is 0 Å². The van der Waals surface area contributed by atoms with Gasteiger partial charge in [-0.05, 0) is 56.9 Å². The van der Waals surface area contributed by atoms with E-state index in [0.29, 0.717) is 5.95 Å². The Morgan fingerprint density at radius 2 is 0.963 bits per heavy atom. The average molecular weight is 704 g/mol. The quantitative estimate of drug-likeness (QED) is 0.172. The first-order valence-electron chi connectivity index (χ1n) is 18.3. The molecule has 3 nitrogen and oxygen atoms in total. The van der Waals surface area contributed by atoms with Crippen molar-refractivity contribution in [3.63, 3.8) is 0 Å². The second kappa shape index (κ2) is 11.3. The second-order valence-electron chi connectivity index (χ2n) is 14.1. The minimum atomic E-state index is 0.670. The third-order valence-electron chi connectivity index (χ3n) is 11.2. The van der Waals surface area contributed by atoms with Crippen molar-refractivity contribution in [3.05, 3.63) is 176 Å². The minimum Gasteiger partial charge on any atom is -0.276 e. The molecule has 4 heteroatoms. The van der Waals surface area contributed by atoms with Gasteiger partial charge in [0.05, 0.1) is 26.9 Å². The summed E-state index contributed by atoms with van der Waals surface area (Å²) >= 11 is 1.87. The Morgan fingerprint density at radius 1 is 0.389 bits per heavy atom. The van der Waals surface area contributed by atoms with E-state index in [1.54, 1.807) is 0 Å². The maximum absolute atomic E-state index is 5.56. The highest BCUT2D eigenvalue weighted by Gasteiger charge is 2.26. The Hall–Kier alpha value is -6.88. The van der Waals surface area contributed by atoms with Gasteiger partial charge in [0.15, 0.2) is 0 Å². The predicted octanol–water partition coefficient (Wildman–Crippen LogP) is 13.9. The Labute approximate surface area is 314 Å². The van der Waals surface area contributed by atoms with Crippen LogP contribution < -0.4 is 0 Å². The number of hydrogen-bond donors (Lipinski definition) is 0. The Balaban J connectivity index is 1.30. The summed E-state index contributed by atoms with van der Waals surface area (Å²) in [6, 6.07) is 63.3. The van der Waals surface area contributed by atoms with Crippen LogP contribution in [0.3, 0.4) is 0 Å². The molecule has 9 aromatic carbocycles. The Bertz CT molecular complexity index is 3500. The molecule has 0 fully saturated rings. The molecular formula is C50H29N3S. The molecule has 0 atom stereocenters. The molecule has 0 radical (unpaired) electrons. The molecule has 54 heavy (non-hydrogen) atoms. The van der Waals surface area contributed by atoms with E-state index in [0.717, 1.165) is 38.8 Å². The van der Waals surface area contributed by atoms with Crippen LogP contribution in [0, 0.1) is 0 Å². The largest absolute Gasteiger partial charge is 0.276 e. The molecule has 12 aromatic rings. The zero-order chi connectivity index (χ0) is 35.3. The molecule has 0 N–H and O–H groups in total. The SMILES string of the molecule is c1ccc(-c2cccc(-c3nc(-n4c5ccccc5c5c6c7ccccc7c7ccccc7c6c6c7ccccc7sc6c54)nc4ccccc34)c2)cc1. The summed E-state index contributed by atoms with van der Waals surface area (Å²) in [5.41, 5.74) is 7.48. The van der Waals surface area contributed by atoms with Crippen LogP contribution in [-0.2, 0) is 0 Å². The van der Waals surface area contributed by atoms with Gasteiger partial charge in [-0.2, -0.15) is 0 Å². The van der Waals surface area contributed by atoms with Crippen molar-refractivity contribution in [1.82, 2.24) is 14.5 Å². The van der Waals surface area contributed by atoms with Gasteiger partial charge < -0.3 is 0 Å². The molecule has 0 amide bonds. The van der Waals surface area contributed by atoms with Crippen molar-refractivity contribution in [2.24, 2.45) is 0 Å². The number of fused-ring (bicyclic) bond motifs is 16. The van der Waals surface area contributed by atoms with Crippen LogP contribution in [-0.4, -0.2) is 14.5 Å². The van der Waals surface area contributed by atoms with E-state index in [-0.39, 0.29) is 0 Å². The predicted molar refractivity (Wildman–Crippen MR) is 230 cm³/mol. The summed E-state index contributed by atoms with van der Waals surface area (Å²) in [5.74, 6) is 0.670. The summed E-state index contributed by atoms with van der Waals surface area (Å²) in [6.45, 7) is 0. The van der Waals surface area contributed by atoms with E-state index < -0.39 is 0 Å². The molecule has 250 valence electrons. The monoisotopic (exact) mass is 703 g/mol. The summed E-state index contributed by atoms with van der Waals surface area (Å²) in [4.78, 5) is 11.0. The highest BCUT2D eigenvalue weighted by molar-refractivity contribution is 7.27. The van der Waals surface area contributed by atoms with Crippen LogP contribution >= 0.6 is 11.3 Å². The van der Waals surface area contributed by atoms with E-state index in [4.69, 9.17) is 9.97 Å². The number of rotatable bonds is 3. The number of hydrogen-bond acceptors (Lipinski definition) is 3. The molecule has 0 aliphatic rings. The van der Waals surface area contributed by atoms with Gasteiger partial charge in [-0.3, -0.25) is 4.57 Å². The molecule has 0 unspecified atom stereocenters. The van der Waals surface area contributed by atoms with Crippen LogP contribution in [0.1, 0.15) is 0 Å². The smallest absolute Gasteiger partial charge is 0.235 e. The van der Waals surface area contributed by atoms with Crippen molar-refractivity contribution < 1.29 is 0 Å². The molecule has 0 saturated carbocycles. The normalized spacial score (nSPS) is 12.1. The van der Waals surface area contributed by atoms with Gasteiger partial charge in [0.25, 0.3) is 0 Å². The van der Waals surface area contributed by atoms with Crippen molar-refractivity contribution in [2.75, 3.05) is 0 Å². The summed E-state index contributed by atoms with van der Waals surface area (Å²) < 4.78 is 4.87. The molecule has 12 rings (SSSR count). The van der Waals surface area contributed by atoms with Crippen LogP contribution in [0.25, 0.3) is 114 Å². The van der Waals surface area contributed by atoms with Crippen molar-refractivity contribution in [2.45, 2.75) is 0 Å². The fourth-order valence-corrected chi connectivity index (χ4v) is 10.1. The van der Waals surface area contributed by atoms with E-state index in [9.17, 15) is 0 Å². The first kappa shape index (κ1) is 29.7. The van der Waals surface area contributed by atoms with Gasteiger partial charge in [-0.15, -0.1) is 11.3 Å². The summed E-state index contributed by atoms with van der Waals surface area (Å²) in [5, 5.41) is 13.7. The molecule has 0 bridgehead atoms. The number of thiophene rings is 1. The number of benzene rings is 9. The van der Waals surface area contributed by atoms with E-state index in [2.05, 4.69) is 180 Å². The maximum Gasteiger partial charge on any atom is 0.235 e. The molecule has 0 aliphatic carbocycles. The van der Waals surface area contributed by atoms with Crippen LogP contribution in [0.5, 0.6) is 0 Å². The maximum atomic E-state index is 5.56. The zero-order valence-electron chi connectivity index (χ0n) is 29.0. The van der Waals surface area contributed by atoms with Gasteiger partial charge in [-0.1, -0.05) is 152 Å². The van der Waals surface area contributed by atoms with Crippen LogP contribution in [0.15, 0.2) is 176 Å². The van der Waals surface area contributed by atoms with Crippen LogP contribution in [0.2, 0.25) is 0 Å². The highest BCUT2D eigenvalue weighted by Crippen LogP contribution is 2.51. The lowest BCUT2D eigenvalue weighted by Crippen LogP contribution is -2.03. The van der Waals surface area contributed by atoms with Gasteiger partial charge in [-0.25, -0.2) is 9.97 Å². The lowest BCUT2D eigenvalue weighted by atomic mass is 9.89. The fraction of sp³-hybridized carbons (Fsp3) is 0. The molecule has 0 aliphatic heterocycles. The van der Waals surface area contributed by atoms with E-state index >= 15 is 0 Å². The number of para-hydroxylation sites is 2. The van der Waals surface area contributed by atoms with Crippen molar-refractivity contribution in [1.29, 1.82) is 0 Å². The lowest BCUT2D eigenvalue weighted by molar-refractivity contribution is 1.02. The van der Waals surface area contributed by atoms with Crippen LogP contribution in [0.4, 0.5) is 0 Å². The molecule has 3 aromatic heterocycles. The lowest BCUT2D eigenvalue weighted by Gasteiger charge is -2.15. The summed E-state index contributed by atoms with van der Waals surface area (Å²) in [6.07, 6.45) is 0. The third-order valence-corrected chi connectivity index (χ3v) is 12.3. The van der Waals surface area contributed by atoms with Gasteiger partial charge in [0.1, 0.15) is 0 Å². The minimum absolute atomic E-state index is 0.670. The Kier molecular flexibility index (Phi) is 6.21. The zero-order valence-corrected chi connectivity index (χ0v) is 29.8. The van der Waals surface area contributed by atoms with Gasteiger partial charge in [0.2, 0.25) is 5.95 Å². The molecule has 3 heterocycles. The van der Waals surface area contributed by atoms with E-state index in [1.807, 2.05) is 11.3 Å². The summed E-state index contributed by atoms with van der Waals surface area (Å²) in [7, 11) is 0. The molecule has 0 saturated heterocycles. The first-order valence-corrected chi connectivity index (χ1v) is 19.2. The standard InChI is InChI=1S/C50H29N3S/c1-2-15-30(16-3-1)31-17-14-18-32(29-31)47-37-23-8-11-26-40(37)51-50(52-47)53-41-27-12-9-24-38(41)45-43-35-21-6-4-19-33(35)34-20-5-7-22-36(34)44(43)46-39-25-10-13-28-42(39)54-49(46)48(45)53/h1-29H. The topological polar surface area (TPSA) is 30.7 Å². The highest BCUT2D eigenvalue weighted by atomic mass is 32.1. The van der Waals surface area contributed by atoms with Crippen molar-refractivity contribution in [3.8, 4) is 28.3 Å². The van der Waals surface area contributed by atoms with Crippen molar-refractivity contribution >= 4 is 96.5 Å². The molecular weight excluding hydrogens is 675 g/mol.